The zero-order valence-electron chi connectivity index (χ0n) is 20.7. The van der Waals surface area contributed by atoms with Crippen molar-refractivity contribution in [2.24, 2.45) is 9.98 Å². The van der Waals surface area contributed by atoms with Crippen LogP contribution in [0.3, 0.4) is 0 Å². The van der Waals surface area contributed by atoms with Gasteiger partial charge in [-0.3, -0.25) is 19.6 Å². The molecule has 0 unspecified atom stereocenters. The van der Waals surface area contributed by atoms with E-state index in [1.165, 1.54) is 6.08 Å². The van der Waals surface area contributed by atoms with Gasteiger partial charge in [-0.1, -0.05) is 42.3 Å². The number of hydrogen-bond acceptors (Lipinski definition) is 4. The summed E-state index contributed by atoms with van der Waals surface area (Å²) < 4.78 is 13.5. The van der Waals surface area contributed by atoms with Crippen LogP contribution in [0.5, 0.6) is 0 Å². The lowest BCUT2D eigenvalue weighted by Crippen LogP contribution is -2.25. The van der Waals surface area contributed by atoms with Gasteiger partial charge in [0.25, 0.3) is 5.91 Å². The van der Waals surface area contributed by atoms with E-state index in [0.29, 0.717) is 59.8 Å². The first-order valence-electron chi connectivity index (χ1n) is 12.3. The van der Waals surface area contributed by atoms with Gasteiger partial charge in [0.1, 0.15) is 5.83 Å². The van der Waals surface area contributed by atoms with Gasteiger partial charge in [-0.05, 0) is 73.6 Å². The van der Waals surface area contributed by atoms with Gasteiger partial charge in [-0.2, -0.15) is 0 Å². The van der Waals surface area contributed by atoms with E-state index < -0.39 is 5.97 Å². The van der Waals surface area contributed by atoms with E-state index in [2.05, 4.69) is 5.32 Å². The number of unbranched alkanes of at least 4 members (excludes halogenated alkanes) is 1. The van der Waals surface area contributed by atoms with Crippen molar-refractivity contribution in [3.05, 3.63) is 80.8 Å². The van der Waals surface area contributed by atoms with Crippen LogP contribution in [-0.4, -0.2) is 35.0 Å². The second-order valence-electron chi connectivity index (χ2n) is 8.79. The molecule has 0 aromatic heterocycles. The highest BCUT2D eigenvalue weighted by Gasteiger charge is 2.21. The number of rotatable bonds is 11. The molecule has 1 aromatic carbocycles. The van der Waals surface area contributed by atoms with Gasteiger partial charge < -0.3 is 10.4 Å². The lowest BCUT2D eigenvalue weighted by molar-refractivity contribution is -0.137. The summed E-state index contributed by atoms with van der Waals surface area (Å²) in [7, 11) is 0. The summed E-state index contributed by atoms with van der Waals surface area (Å²) in [6.07, 6.45) is 10.0. The Morgan fingerprint density at radius 3 is 2.54 bits per heavy atom. The maximum absolute atomic E-state index is 13.5. The zero-order valence-corrected chi connectivity index (χ0v) is 22.2. The van der Waals surface area contributed by atoms with Gasteiger partial charge in [0, 0.05) is 35.0 Å². The number of carboxylic acids is 1. The Morgan fingerprint density at radius 1 is 1.14 bits per heavy atom. The van der Waals surface area contributed by atoms with E-state index >= 15 is 0 Å². The van der Waals surface area contributed by atoms with Crippen molar-refractivity contribution in [1.29, 1.82) is 0 Å². The molecule has 2 aliphatic rings. The third-order valence-electron chi connectivity index (χ3n) is 5.79. The molecule has 1 aliphatic heterocycles. The van der Waals surface area contributed by atoms with Crippen molar-refractivity contribution in [3.8, 4) is 0 Å². The molecule has 3 rings (SSSR count). The summed E-state index contributed by atoms with van der Waals surface area (Å²) in [6.45, 7) is 2.50. The highest BCUT2D eigenvalue weighted by molar-refractivity contribution is 6.49. The number of benzene rings is 1. The van der Waals surface area contributed by atoms with Gasteiger partial charge in [0.2, 0.25) is 0 Å². The van der Waals surface area contributed by atoms with Crippen LogP contribution < -0.4 is 5.32 Å². The molecule has 1 aliphatic carbocycles. The van der Waals surface area contributed by atoms with E-state index in [9.17, 15) is 14.0 Å². The number of halogens is 3. The van der Waals surface area contributed by atoms with Crippen molar-refractivity contribution in [3.63, 3.8) is 0 Å². The third kappa shape index (κ3) is 9.09. The normalized spacial score (nSPS) is 17.1. The van der Waals surface area contributed by atoms with Crippen molar-refractivity contribution >= 4 is 46.5 Å². The van der Waals surface area contributed by atoms with Crippen molar-refractivity contribution in [2.45, 2.75) is 58.4 Å². The molecule has 196 valence electrons. The first-order valence-corrected chi connectivity index (χ1v) is 13.0. The van der Waals surface area contributed by atoms with Crippen LogP contribution in [0.15, 0.2) is 75.2 Å². The molecule has 1 amide bonds. The topological polar surface area (TPSA) is 91.1 Å². The maximum atomic E-state index is 13.5. The zero-order chi connectivity index (χ0) is 26.8. The second-order valence-corrected chi connectivity index (χ2v) is 9.67. The molecule has 1 heterocycles. The predicted molar refractivity (Wildman–Crippen MR) is 147 cm³/mol. The first-order chi connectivity index (χ1) is 17.7. The van der Waals surface area contributed by atoms with Gasteiger partial charge in [0.15, 0.2) is 0 Å². The molecule has 6 nitrogen and oxygen atoms in total. The van der Waals surface area contributed by atoms with Crippen molar-refractivity contribution < 1.29 is 19.1 Å². The average molecular weight is 546 g/mol. The number of carbonyl (C=O) groups excluding carboxylic acids is 1. The monoisotopic (exact) mass is 545 g/mol. The molecule has 2 N–H and O–H groups in total. The van der Waals surface area contributed by atoms with Crippen LogP contribution >= 0.6 is 23.2 Å². The Labute approximate surface area is 226 Å². The Balaban J connectivity index is 1.78. The van der Waals surface area contributed by atoms with Gasteiger partial charge in [-0.15, -0.1) is 0 Å². The first kappa shape index (κ1) is 28.5. The molecular formula is C28H30Cl2FN3O3. The van der Waals surface area contributed by atoms with E-state index in [0.717, 1.165) is 22.6 Å². The van der Waals surface area contributed by atoms with E-state index in [1.54, 1.807) is 30.4 Å². The number of allylic oxidation sites excluding steroid dienone is 5. The van der Waals surface area contributed by atoms with Crippen molar-refractivity contribution in [1.82, 2.24) is 5.32 Å². The molecule has 0 bridgehead atoms. The fourth-order valence-electron chi connectivity index (χ4n) is 4.04. The van der Waals surface area contributed by atoms with Crippen molar-refractivity contribution in [2.75, 3.05) is 6.54 Å². The number of carbonyl (C=O) groups is 2. The molecule has 1 aromatic rings. The van der Waals surface area contributed by atoms with Crippen LogP contribution in [0.1, 0.15) is 57.4 Å². The molecule has 0 saturated carbocycles. The quantitative estimate of drug-likeness (QED) is 0.233. The summed E-state index contributed by atoms with van der Waals surface area (Å²) in [5.41, 5.74) is 4.28. The minimum Gasteiger partial charge on any atom is -0.481 e. The molecule has 0 atom stereocenters. The lowest BCUT2D eigenvalue weighted by atomic mass is 9.93. The van der Waals surface area contributed by atoms with E-state index in [-0.39, 0.29) is 31.2 Å². The Morgan fingerprint density at radius 2 is 1.89 bits per heavy atom. The number of carboxylic acid groups (broad SMARTS) is 1. The average Bonchev–Trinajstić information content (AvgIpc) is 2.85. The molecule has 0 saturated heterocycles. The highest BCUT2D eigenvalue weighted by atomic mass is 35.5. The molecule has 37 heavy (non-hydrogen) atoms. The molecule has 9 heteroatoms. The minimum atomic E-state index is -0.837. The Kier molecular flexibility index (Phi) is 10.8. The fourth-order valence-corrected chi connectivity index (χ4v) is 4.62. The molecule has 0 fully saturated rings. The summed E-state index contributed by atoms with van der Waals surface area (Å²) in [6, 6.07) is 5.12. The lowest BCUT2D eigenvalue weighted by Gasteiger charge is -2.20. The fraction of sp³-hybridized carbons (Fsp3) is 0.357. The van der Waals surface area contributed by atoms with Crippen LogP contribution in [0.25, 0.3) is 0 Å². The number of nitrogens with zero attached hydrogens (tertiary/aromatic N) is 2. The summed E-state index contributed by atoms with van der Waals surface area (Å²) in [5, 5.41) is 12.8. The van der Waals surface area contributed by atoms with Gasteiger partial charge in [-0.25, -0.2) is 4.39 Å². The largest absolute Gasteiger partial charge is 0.481 e. The number of aliphatic carboxylic acids is 1. The van der Waals surface area contributed by atoms with Gasteiger partial charge in [0.05, 0.1) is 23.7 Å². The standard InChI is InChI=1S/C28H30Cl2FN3O3/c1-2-5-20(28(37)33-16-18-12-21(29)15-22(30)13-18)14-24-17-32-27(19-8-10-23(31)11-9-19)25(34-24)6-3-4-7-26(35)36/h5,8,10,12-15H,2-4,6-7,9,11,16-17H2,1H3,(H,33,37)(H,35,36)/b20-5+,24-14+. The predicted octanol–water partition coefficient (Wildman–Crippen LogP) is 6.94. The highest BCUT2D eigenvalue weighted by Crippen LogP contribution is 2.25. The smallest absolute Gasteiger partial charge is 0.303 e. The number of amides is 1. The van der Waals surface area contributed by atoms with Crippen LogP contribution in [0.4, 0.5) is 4.39 Å². The third-order valence-corrected chi connectivity index (χ3v) is 6.23. The molecule has 0 spiro atoms. The minimum absolute atomic E-state index is 0.0838. The van der Waals surface area contributed by atoms with Crippen LogP contribution in [0, 0.1) is 0 Å². The second kappa shape index (κ2) is 14.1. The number of aliphatic imine (C=N–C) groups is 2. The Bertz CT molecular complexity index is 1210. The van der Waals surface area contributed by atoms with Gasteiger partial charge >= 0.3 is 5.97 Å². The summed E-state index contributed by atoms with van der Waals surface area (Å²) >= 11 is 12.1. The van der Waals surface area contributed by atoms with Crippen LogP contribution in [-0.2, 0) is 16.1 Å². The van der Waals surface area contributed by atoms with E-state index in [1.807, 2.05) is 13.0 Å². The maximum Gasteiger partial charge on any atom is 0.303 e. The Hall–Kier alpha value is -3.03. The van der Waals surface area contributed by atoms with E-state index in [4.69, 9.17) is 38.3 Å². The molecular weight excluding hydrogens is 516 g/mol. The van der Waals surface area contributed by atoms with Crippen LogP contribution in [0.2, 0.25) is 10.0 Å². The number of nitrogens with one attached hydrogen (secondary N) is 1. The summed E-state index contributed by atoms with van der Waals surface area (Å²) in [5.74, 6) is -1.26. The summed E-state index contributed by atoms with van der Waals surface area (Å²) in [4.78, 5) is 33.4. The SMILES string of the molecule is CC/C=C(\C=C1/CN=C(C2=CC=C(F)CC2)C(CCCCC(=O)O)=N1)C(=O)NCc1cc(Cl)cc(Cl)c1. The molecule has 0 radical (unpaired) electrons. The number of hydrogen-bond donors (Lipinski definition) is 2.